The van der Waals surface area contributed by atoms with Crippen molar-refractivity contribution in [2.75, 3.05) is 36.4 Å². The first kappa shape index (κ1) is 18.8. The Hall–Kier alpha value is -2.19. The first-order valence-electron chi connectivity index (χ1n) is 10.7. The lowest BCUT2D eigenvalue weighted by molar-refractivity contribution is 0.190. The summed E-state index contributed by atoms with van der Waals surface area (Å²) in [6, 6.07) is 9.60. The Labute approximate surface area is 175 Å². The lowest BCUT2D eigenvalue weighted by Crippen LogP contribution is -2.50. The third kappa shape index (κ3) is 4.23. The fourth-order valence-electron chi connectivity index (χ4n) is 4.85. The van der Waals surface area contributed by atoms with E-state index < -0.39 is 0 Å². The van der Waals surface area contributed by atoms with Gasteiger partial charge in [0.05, 0.1) is 0 Å². The molecule has 3 aliphatic rings. The number of fused-ring (bicyclic) bond motifs is 1. The van der Waals surface area contributed by atoms with Gasteiger partial charge in [0.25, 0.3) is 0 Å². The van der Waals surface area contributed by atoms with E-state index in [1.807, 2.05) is 0 Å². The quantitative estimate of drug-likeness (QED) is 0.808. The van der Waals surface area contributed by atoms with Crippen LogP contribution in [0, 0.1) is 0 Å². The second kappa shape index (κ2) is 8.28. The maximum absolute atomic E-state index is 12.1. The zero-order valence-electron chi connectivity index (χ0n) is 16.6. The summed E-state index contributed by atoms with van der Waals surface area (Å²) >= 11 is 1.46. The van der Waals surface area contributed by atoms with Crippen LogP contribution in [0.5, 0.6) is 0 Å². The third-order valence-electron chi connectivity index (χ3n) is 6.46. The molecule has 0 radical (unpaired) electrons. The van der Waals surface area contributed by atoms with Gasteiger partial charge in [-0.3, -0.25) is 10.2 Å². The molecule has 0 bridgehead atoms. The number of nitrogens with one attached hydrogen (secondary N) is 2. The molecular weight excluding hydrogens is 384 g/mol. The van der Waals surface area contributed by atoms with Crippen LogP contribution in [0.25, 0.3) is 0 Å². The van der Waals surface area contributed by atoms with Crippen LogP contribution in [0.2, 0.25) is 0 Å². The van der Waals surface area contributed by atoms with E-state index in [4.69, 9.17) is 0 Å². The van der Waals surface area contributed by atoms with Crippen LogP contribution in [0.15, 0.2) is 24.3 Å². The van der Waals surface area contributed by atoms with Crippen LogP contribution < -0.4 is 15.5 Å². The number of benzene rings is 1. The maximum atomic E-state index is 12.1. The molecule has 2 fully saturated rings. The highest BCUT2D eigenvalue weighted by Crippen LogP contribution is 2.29. The summed E-state index contributed by atoms with van der Waals surface area (Å²) in [6.45, 7) is 4.00. The van der Waals surface area contributed by atoms with Gasteiger partial charge in [-0.15, -0.1) is 10.2 Å². The highest BCUT2D eigenvalue weighted by molar-refractivity contribution is 7.19. The summed E-state index contributed by atoms with van der Waals surface area (Å²) in [4.78, 5) is 17.0. The zero-order valence-corrected chi connectivity index (χ0v) is 17.5. The van der Waals surface area contributed by atoms with Gasteiger partial charge in [0.15, 0.2) is 0 Å². The van der Waals surface area contributed by atoms with Crippen molar-refractivity contribution in [1.82, 2.24) is 20.4 Å². The Kier molecular flexibility index (Phi) is 5.37. The smallest absolute Gasteiger partial charge is 0.321 e. The molecule has 2 amide bonds. The monoisotopic (exact) mass is 412 g/mol. The van der Waals surface area contributed by atoms with Crippen molar-refractivity contribution in [3.8, 4) is 0 Å². The fraction of sp³-hybridized carbons (Fsp3) is 0.571. The predicted octanol–water partition coefficient (Wildman–Crippen LogP) is 2.89. The van der Waals surface area contributed by atoms with E-state index in [1.165, 1.54) is 48.1 Å². The van der Waals surface area contributed by atoms with Crippen molar-refractivity contribution in [1.29, 1.82) is 0 Å². The molecule has 5 rings (SSSR count). The highest BCUT2D eigenvalue weighted by atomic mass is 32.1. The minimum absolute atomic E-state index is 0.162. The first-order valence-corrected chi connectivity index (χ1v) is 11.5. The number of hydrogen-bond donors (Lipinski definition) is 2. The minimum Gasteiger partial charge on any atom is -0.344 e. The van der Waals surface area contributed by atoms with Crippen molar-refractivity contribution >= 4 is 27.6 Å². The van der Waals surface area contributed by atoms with E-state index in [-0.39, 0.29) is 6.03 Å². The van der Waals surface area contributed by atoms with E-state index in [9.17, 15) is 4.79 Å². The fourth-order valence-corrected chi connectivity index (χ4v) is 5.65. The van der Waals surface area contributed by atoms with Crippen LogP contribution in [0.1, 0.15) is 36.8 Å². The van der Waals surface area contributed by atoms with Gasteiger partial charge in [0.2, 0.25) is 10.3 Å². The molecular formula is C21H28N6OS. The molecule has 0 atom stereocenters. The van der Waals surface area contributed by atoms with Crippen LogP contribution >= 0.6 is 11.3 Å². The number of urea groups is 1. The number of rotatable bonds is 4. The molecule has 154 valence electrons. The molecule has 1 aromatic heterocycles. The Morgan fingerprint density at radius 1 is 1.00 bits per heavy atom. The summed E-state index contributed by atoms with van der Waals surface area (Å²) in [5.74, 6) is 0. The molecule has 2 heterocycles. The molecule has 2 aliphatic carbocycles. The molecule has 2 N–H and O–H groups in total. The van der Waals surface area contributed by atoms with Crippen molar-refractivity contribution in [2.24, 2.45) is 0 Å². The second-order valence-corrected chi connectivity index (χ2v) is 9.28. The number of aromatic nitrogens is 2. The number of carbonyl (C=O) groups excluding carboxylic acids is 1. The molecule has 1 aliphatic heterocycles. The molecule has 2 aromatic rings. The Morgan fingerprint density at radius 2 is 1.69 bits per heavy atom. The standard InChI is InChI=1S/C21H28N6OS/c28-19(22-17-7-3-4-8-17)23-20-24-25-21(29-20)27-11-9-26(10-12-27)18-13-15-5-1-2-6-16(15)14-18/h1-2,5-6,17-18H,3-4,7-14H2,(H2,22,23,24,28). The number of piperazine rings is 1. The Morgan fingerprint density at radius 3 is 2.38 bits per heavy atom. The largest absolute Gasteiger partial charge is 0.344 e. The molecule has 1 saturated heterocycles. The average molecular weight is 413 g/mol. The summed E-state index contributed by atoms with van der Waals surface area (Å²) < 4.78 is 0. The minimum atomic E-state index is -0.162. The normalized spacial score (nSPS) is 20.8. The van der Waals surface area contributed by atoms with Gasteiger partial charge >= 0.3 is 6.03 Å². The lowest BCUT2D eigenvalue weighted by Gasteiger charge is -2.37. The van der Waals surface area contributed by atoms with Gasteiger partial charge in [-0.25, -0.2) is 4.79 Å². The van der Waals surface area contributed by atoms with Crippen LogP contribution in [0.4, 0.5) is 15.1 Å². The first-order chi connectivity index (χ1) is 14.2. The van der Waals surface area contributed by atoms with Crippen LogP contribution in [-0.4, -0.2) is 59.4 Å². The molecule has 29 heavy (non-hydrogen) atoms. The molecule has 8 heteroatoms. The molecule has 1 aromatic carbocycles. The molecule has 7 nitrogen and oxygen atoms in total. The summed E-state index contributed by atoms with van der Waals surface area (Å²) in [6.07, 6.45) is 6.88. The lowest BCUT2D eigenvalue weighted by atomic mass is 10.1. The van der Waals surface area contributed by atoms with Crippen LogP contribution in [-0.2, 0) is 12.8 Å². The van der Waals surface area contributed by atoms with Gasteiger partial charge in [-0.1, -0.05) is 48.4 Å². The number of hydrogen-bond acceptors (Lipinski definition) is 6. The second-order valence-electron chi connectivity index (χ2n) is 8.32. The molecule has 1 saturated carbocycles. The maximum Gasteiger partial charge on any atom is 0.321 e. The van der Waals surface area contributed by atoms with Crippen molar-refractivity contribution in [2.45, 2.75) is 50.6 Å². The topological polar surface area (TPSA) is 73.4 Å². The van der Waals surface area contributed by atoms with Gasteiger partial charge in [0.1, 0.15) is 0 Å². The van der Waals surface area contributed by atoms with E-state index in [2.05, 4.69) is 54.9 Å². The van der Waals surface area contributed by atoms with E-state index in [0.717, 1.165) is 44.2 Å². The molecule has 0 spiro atoms. The van der Waals surface area contributed by atoms with Gasteiger partial charge in [-0.2, -0.15) is 0 Å². The zero-order chi connectivity index (χ0) is 19.6. The summed E-state index contributed by atoms with van der Waals surface area (Å²) in [5, 5.41) is 15.8. The predicted molar refractivity (Wildman–Crippen MR) is 116 cm³/mol. The average Bonchev–Trinajstić information content (AvgIpc) is 3.48. The number of anilines is 2. The van der Waals surface area contributed by atoms with Gasteiger partial charge in [-0.05, 0) is 36.8 Å². The number of amides is 2. The SMILES string of the molecule is O=C(Nc1nnc(N2CCN(C3Cc4ccccc4C3)CC2)s1)NC1CCCC1. The van der Waals surface area contributed by atoms with Crippen molar-refractivity contribution in [3.63, 3.8) is 0 Å². The van der Waals surface area contributed by atoms with E-state index in [1.54, 1.807) is 0 Å². The van der Waals surface area contributed by atoms with Crippen molar-refractivity contribution < 1.29 is 4.79 Å². The number of carbonyl (C=O) groups is 1. The van der Waals surface area contributed by atoms with E-state index in [0.29, 0.717) is 17.2 Å². The van der Waals surface area contributed by atoms with Gasteiger partial charge < -0.3 is 10.2 Å². The summed E-state index contributed by atoms with van der Waals surface area (Å²) in [5.41, 5.74) is 3.02. The van der Waals surface area contributed by atoms with Crippen LogP contribution in [0.3, 0.4) is 0 Å². The Balaban J connectivity index is 1.11. The van der Waals surface area contributed by atoms with E-state index >= 15 is 0 Å². The Bertz CT molecular complexity index is 831. The van der Waals surface area contributed by atoms with Crippen molar-refractivity contribution in [3.05, 3.63) is 35.4 Å². The summed E-state index contributed by atoms with van der Waals surface area (Å²) in [7, 11) is 0. The third-order valence-corrected chi connectivity index (χ3v) is 7.36. The highest BCUT2D eigenvalue weighted by Gasteiger charge is 2.30. The van der Waals surface area contributed by atoms with Gasteiger partial charge in [0, 0.05) is 38.3 Å². The molecule has 0 unspecified atom stereocenters. The number of nitrogens with zero attached hydrogens (tertiary/aromatic N) is 4.